The minimum absolute atomic E-state index is 0.0394. The Kier molecular flexibility index (Phi) is 2.13. The molecule has 13 heavy (non-hydrogen) atoms. The van der Waals surface area contributed by atoms with Crippen molar-refractivity contribution in [1.29, 1.82) is 0 Å². The molecular formula is C10H18O3. The van der Waals surface area contributed by atoms with Crippen molar-refractivity contribution in [3.63, 3.8) is 0 Å². The zero-order valence-electron chi connectivity index (χ0n) is 8.38. The third kappa shape index (κ3) is 1.73. The van der Waals surface area contributed by atoms with Crippen molar-refractivity contribution >= 4 is 0 Å². The van der Waals surface area contributed by atoms with E-state index in [1.54, 1.807) is 0 Å². The van der Waals surface area contributed by atoms with Crippen LogP contribution < -0.4 is 0 Å². The standard InChI is InChI=1S/C10H18O3/c1-9(2)6-10(7-12-9)4-3-8(5-11)13-10/h8,11H,3-7H2,1-2H3. The summed E-state index contributed by atoms with van der Waals surface area (Å²) >= 11 is 0. The molecule has 2 rings (SSSR count). The molecule has 2 atom stereocenters. The summed E-state index contributed by atoms with van der Waals surface area (Å²) < 4.78 is 11.5. The molecule has 3 nitrogen and oxygen atoms in total. The molecule has 0 aromatic carbocycles. The van der Waals surface area contributed by atoms with Crippen LogP contribution in [0.4, 0.5) is 0 Å². The van der Waals surface area contributed by atoms with E-state index in [0.717, 1.165) is 19.3 Å². The number of rotatable bonds is 1. The van der Waals surface area contributed by atoms with Gasteiger partial charge in [0.05, 0.1) is 30.5 Å². The van der Waals surface area contributed by atoms with E-state index >= 15 is 0 Å². The van der Waals surface area contributed by atoms with Gasteiger partial charge in [-0.25, -0.2) is 0 Å². The molecular weight excluding hydrogens is 168 g/mol. The summed E-state index contributed by atoms with van der Waals surface area (Å²) in [7, 11) is 0. The van der Waals surface area contributed by atoms with Crippen LogP contribution in [0.5, 0.6) is 0 Å². The Morgan fingerprint density at radius 3 is 2.69 bits per heavy atom. The Hall–Kier alpha value is -0.120. The molecule has 2 aliphatic rings. The molecule has 0 aromatic rings. The van der Waals surface area contributed by atoms with E-state index < -0.39 is 0 Å². The van der Waals surface area contributed by atoms with Gasteiger partial charge in [-0.3, -0.25) is 0 Å². The SMILES string of the molecule is CC1(C)CC2(CCC(CO)O2)CO1. The van der Waals surface area contributed by atoms with E-state index in [4.69, 9.17) is 14.6 Å². The van der Waals surface area contributed by atoms with Gasteiger partial charge in [0.2, 0.25) is 0 Å². The zero-order valence-corrected chi connectivity index (χ0v) is 8.38. The van der Waals surface area contributed by atoms with Crippen molar-refractivity contribution in [2.75, 3.05) is 13.2 Å². The molecule has 0 aliphatic carbocycles. The molecule has 76 valence electrons. The van der Waals surface area contributed by atoms with Crippen molar-refractivity contribution in [3.05, 3.63) is 0 Å². The Labute approximate surface area is 79.0 Å². The van der Waals surface area contributed by atoms with Gasteiger partial charge in [0.25, 0.3) is 0 Å². The smallest absolute Gasteiger partial charge is 0.0948 e. The fourth-order valence-electron chi connectivity index (χ4n) is 2.47. The lowest BCUT2D eigenvalue weighted by Gasteiger charge is -2.23. The average molecular weight is 186 g/mol. The first-order valence-corrected chi connectivity index (χ1v) is 4.98. The Balaban J connectivity index is 2.01. The third-order valence-corrected chi connectivity index (χ3v) is 3.02. The van der Waals surface area contributed by atoms with E-state index in [-0.39, 0.29) is 23.9 Å². The van der Waals surface area contributed by atoms with Gasteiger partial charge in [-0.2, -0.15) is 0 Å². The summed E-state index contributed by atoms with van der Waals surface area (Å²) in [6.07, 6.45) is 2.99. The third-order valence-electron chi connectivity index (χ3n) is 3.02. The molecule has 0 bridgehead atoms. The quantitative estimate of drug-likeness (QED) is 0.666. The van der Waals surface area contributed by atoms with Crippen LogP contribution in [0.1, 0.15) is 33.1 Å². The normalized spacial score (nSPS) is 43.2. The van der Waals surface area contributed by atoms with Crippen LogP contribution in [0.3, 0.4) is 0 Å². The maximum atomic E-state index is 8.97. The predicted octanol–water partition coefficient (Wildman–Crippen LogP) is 1.10. The van der Waals surface area contributed by atoms with Gasteiger partial charge in [0.1, 0.15) is 0 Å². The lowest BCUT2D eigenvalue weighted by molar-refractivity contribution is -0.0620. The molecule has 2 heterocycles. The van der Waals surface area contributed by atoms with Crippen molar-refractivity contribution in [3.8, 4) is 0 Å². The number of hydrogen-bond acceptors (Lipinski definition) is 3. The van der Waals surface area contributed by atoms with Gasteiger partial charge in [-0.15, -0.1) is 0 Å². The van der Waals surface area contributed by atoms with Gasteiger partial charge >= 0.3 is 0 Å². The maximum absolute atomic E-state index is 8.97. The van der Waals surface area contributed by atoms with Gasteiger partial charge in [0.15, 0.2) is 0 Å². The number of ether oxygens (including phenoxy) is 2. The first-order valence-electron chi connectivity index (χ1n) is 4.98. The predicted molar refractivity (Wildman–Crippen MR) is 48.6 cm³/mol. The maximum Gasteiger partial charge on any atom is 0.0948 e. The monoisotopic (exact) mass is 186 g/mol. The largest absolute Gasteiger partial charge is 0.394 e. The van der Waals surface area contributed by atoms with Crippen LogP contribution in [-0.2, 0) is 9.47 Å². The van der Waals surface area contributed by atoms with Crippen LogP contribution in [0.25, 0.3) is 0 Å². The number of hydrogen-bond donors (Lipinski definition) is 1. The van der Waals surface area contributed by atoms with Crippen molar-refractivity contribution in [1.82, 2.24) is 0 Å². The topological polar surface area (TPSA) is 38.7 Å². The molecule has 2 saturated heterocycles. The van der Waals surface area contributed by atoms with Crippen LogP contribution in [0.15, 0.2) is 0 Å². The first kappa shape index (κ1) is 9.44. The van der Waals surface area contributed by atoms with Crippen LogP contribution in [-0.4, -0.2) is 35.6 Å². The van der Waals surface area contributed by atoms with Crippen LogP contribution in [0, 0.1) is 0 Å². The summed E-state index contributed by atoms with van der Waals surface area (Å²) in [5, 5.41) is 8.97. The molecule has 0 radical (unpaired) electrons. The fraction of sp³-hybridized carbons (Fsp3) is 1.00. The highest BCUT2D eigenvalue weighted by atomic mass is 16.6. The minimum Gasteiger partial charge on any atom is -0.394 e. The fourth-order valence-corrected chi connectivity index (χ4v) is 2.47. The molecule has 0 saturated carbocycles. The van der Waals surface area contributed by atoms with E-state index in [9.17, 15) is 0 Å². The van der Waals surface area contributed by atoms with Crippen molar-refractivity contribution in [2.24, 2.45) is 0 Å². The summed E-state index contributed by atoms with van der Waals surface area (Å²) in [5.74, 6) is 0. The second-order valence-electron chi connectivity index (χ2n) is 4.87. The van der Waals surface area contributed by atoms with E-state index in [0.29, 0.717) is 6.61 Å². The average Bonchev–Trinajstić information content (AvgIpc) is 2.57. The van der Waals surface area contributed by atoms with E-state index in [2.05, 4.69) is 13.8 Å². The molecule has 1 spiro atoms. The Bertz CT molecular complexity index is 202. The lowest BCUT2D eigenvalue weighted by atomic mass is 9.91. The van der Waals surface area contributed by atoms with Gasteiger partial charge in [0, 0.05) is 6.42 Å². The minimum atomic E-state index is -0.0864. The van der Waals surface area contributed by atoms with Crippen LogP contribution >= 0.6 is 0 Å². The molecule has 2 aliphatic heterocycles. The summed E-state index contributed by atoms with van der Waals surface area (Å²) in [6.45, 7) is 5.02. The van der Waals surface area contributed by atoms with Crippen molar-refractivity contribution < 1.29 is 14.6 Å². The molecule has 2 unspecified atom stereocenters. The Morgan fingerprint density at radius 1 is 1.46 bits per heavy atom. The lowest BCUT2D eigenvalue weighted by Crippen LogP contribution is -2.31. The molecule has 2 fully saturated rings. The molecule has 0 amide bonds. The highest BCUT2D eigenvalue weighted by Gasteiger charge is 2.49. The number of aliphatic hydroxyl groups excluding tert-OH is 1. The molecule has 1 N–H and O–H groups in total. The summed E-state index contributed by atoms with van der Waals surface area (Å²) in [6, 6.07) is 0. The second kappa shape index (κ2) is 2.94. The highest BCUT2D eigenvalue weighted by Crippen LogP contribution is 2.43. The van der Waals surface area contributed by atoms with Gasteiger partial charge in [-0.05, 0) is 26.7 Å². The van der Waals surface area contributed by atoms with Gasteiger partial charge in [-0.1, -0.05) is 0 Å². The summed E-state index contributed by atoms with van der Waals surface area (Å²) in [5.41, 5.74) is -0.138. The van der Waals surface area contributed by atoms with Crippen LogP contribution in [0.2, 0.25) is 0 Å². The Morgan fingerprint density at radius 2 is 2.23 bits per heavy atom. The molecule has 3 heteroatoms. The zero-order chi connectivity index (χ0) is 9.53. The number of aliphatic hydroxyl groups is 1. The summed E-state index contributed by atoms with van der Waals surface area (Å²) in [4.78, 5) is 0. The van der Waals surface area contributed by atoms with E-state index in [1.165, 1.54) is 0 Å². The van der Waals surface area contributed by atoms with E-state index in [1.807, 2.05) is 0 Å². The molecule has 0 aromatic heterocycles. The van der Waals surface area contributed by atoms with Gasteiger partial charge < -0.3 is 14.6 Å². The highest BCUT2D eigenvalue weighted by molar-refractivity contribution is 4.98. The van der Waals surface area contributed by atoms with Crippen molar-refractivity contribution in [2.45, 2.75) is 50.4 Å². The first-order chi connectivity index (χ1) is 6.05. The second-order valence-corrected chi connectivity index (χ2v) is 4.87.